The number of rotatable bonds is 4. The molecule has 1 N–H and O–H groups in total. The number of amides is 2. The highest BCUT2D eigenvalue weighted by Crippen LogP contribution is 2.27. The molecule has 4 nitrogen and oxygen atoms in total. The standard InChI is InChI=1S/C17H11Cl2NO3S/c18-12-4-3-11(14(19)8-12)9-23-13-5-1-10(2-6-13)7-15-16(21)20-17(22)24-15/h1-8H,9H2,(H,20,21,22)/b15-7-. The zero-order valence-electron chi connectivity index (χ0n) is 12.2. The van der Waals surface area contributed by atoms with Gasteiger partial charge in [0.2, 0.25) is 0 Å². The molecule has 2 aromatic carbocycles. The van der Waals surface area contributed by atoms with Crippen molar-refractivity contribution in [2.45, 2.75) is 6.61 Å². The number of carbonyl (C=O) groups is 2. The Labute approximate surface area is 152 Å². The van der Waals surface area contributed by atoms with E-state index in [-0.39, 0.29) is 11.1 Å². The van der Waals surface area contributed by atoms with Crippen LogP contribution in [0, 0.1) is 0 Å². The SMILES string of the molecule is O=C1NC(=O)/C(=C/c2ccc(OCc3ccc(Cl)cc3Cl)cc2)S1. The van der Waals surface area contributed by atoms with E-state index in [0.29, 0.717) is 27.3 Å². The van der Waals surface area contributed by atoms with Crippen LogP contribution in [0.5, 0.6) is 5.75 Å². The fourth-order valence-electron chi connectivity index (χ4n) is 2.03. The van der Waals surface area contributed by atoms with Crippen LogP contribution >= 0.6 is 35.0 Å². The molecule has 0 aromatic heterocycles. The number of thioether (sulfide) groups is 1. The summed E-state index contributed by atoms with van der Waals surface area (Å²) in [5, 5.41) is 2.99. The smallest absolute Gasteiger partial charge is 0.290 e. The minimum atomic E-state index is -0.372. The van der Waals surface area contributed by atoms with Crippen molar-refractivity contribution in [2.24, 2.45) is 0 Å². The van der Waals surface area contributed by atoms with Gasteiger partial charge in [-0.1, -0.05) is 41.4 Å². The maximum atomic E-state index is 11.5. The first-order valence-corrected chi connectivity index (χ1v) is 8.50. The van der Waals surface area contributed by atoms with Crippen molar-refractivity contribution in [3.05, 3.63) is 68.5 Å². The second-order valence-electron chi connectivity index (χ2n) is 4.95. The lowest BCUT2D eigenvalue weighted by molar-refractivity contribution is -0.115. The van der Waals surface area contributed by atoms with Gasteiger partial charge in [0.05, 0.1) is 4.91 Å². The predicted molar refractivity (Wildman–Crippen MR) is 96.3 cm³/mol. The van der Waals surface area contributed by atoms with Crippen molar-refractivity contribution in [3.8, 4) is 5.75 Å². The lowest BCUT2D eigenvalue weighted by atomic mass is 10.2. The first kappa shape index (κ1) is 16.9. The third-order valence-corrected chi connectivity index (χ3v) is 4.63. The summed E-state index contributed by atoms with van der Waals surface area (Å²) in [6.07, 6.45) is 1.66. The van der Waals surface area contributed by atoms with Crippen molar-refractivity contribution < 1.29 is 14.3 Å². The van der Waals surface area contributed by atoms with E-state index >= 15 is 0 Å². The summed E-state index contributed by atoms with van der Waals surface area (Å²) < 4.78 is 5.69. The highest BCUT2D eigenvalue weighted by atomic mass is 35.5. The highest BCUT2D eigenvalue weighted by molar-refractivity contribution is 8.18. The van der Waals surface area contributed by atoms with Crippen LogP contribution in [0.4, 0.5) is 4.79 Å². The summed E-state index contributed by atoms with van der Waals surface area (Å²) in [5.74, 6) is 0.297. The molecule has 3 rings (SSSR count). The molecule has 0 bridgehead atoms. The number of imide groups is 1. The van der Waals surface area contributed by atoms with Gasteiger partial charge >= 0.3 is 0 Å². The molecule has 2 aromatic rings. The lowest BCUT2D eigenvalue weighted by Crippen LogP contribution is -2.17. The minimum absolute atomic E-state index is 0.323. The van der Waals surface area contributed by atoms with Crippen LogP contribution in [-0.2, 0) is 11.4 Å². The minimum Gasteiger partial charge on any atom is -0.489 e. The zero-order valence-corrected chi connectivity index (χ0v) is 14.5. The van der Waals surface area contributed by atoms with E-state index < -0.39 is 0 Å². The summed E-state index contributed by atoms with van der Waals surface area (Å²) in [7, 11) is 0. The molecule has 1 saturated heterocycles. The lowest BCUT2D eigenvalue weighted by Gasteiger charge is -2.08. The first-order valence-electron chi connectivity index (χ1n) is 6.93. The van der Waals surface area contributed by atoms with E-state index in [2.05, 4.69) is 5.32 Å². The molecule has 0 atom stereocenters. The number of benzene rings is 2. The molecule has 1 heterocycles. The zero-order chi connectivity index (χ0) is 17.1. The van der Waals surface area contributed by atoms with E-state index in [9.17, 15) is 9.59 Å². The van der Waals surface area contributed by atoms with Gasteiger partial charge in [-0.3, -0.25) is 14.9 Å². The van der Waals surface area contributed by atoms with Crippen LogP contribution in [0.2, 0.25) is 10.0 Å². The van der Waals surface area contributed by atoms with Crippen LogP contribution in [0.1, 0.15) is 11.1 Å². The molecule has 24 heavy (non-hydrogen) atoms. The number of ether oxygens (including phenoxy) is 1. The Morgan fingerprint density at radius 3 is 2.46 bits per heavy atom. The Morgan fingerprint density at radius 1 is 1.08 bits per heavy atom. The van der Waals surface area contributed by atoms with Crippen molar-refractivity contribution >= 4 is 52.2 Å². The number of hydrogen-bond donors (Lipinski definition) is 1. The second kappa shape index (κ2) is 7.30. The number of carbonyl (C=O) groups excluding carboxylic acids is 2. The Bertz CT molecular complexity index is 834. The average molecular weight is 380 g/mol. The molecule has 1 fully saturated rings. The molecule has 0 spiro atoms. The predicted octanol–water partition coefficient (Wildman–Crippen LogP) is 4.90. The van der Waals surface area contributed by atoms with Gasteiger partial charge in [0, 0.05) is 15.6 Å². The molecular weight excluding hydrogens is 369 g/mol. The topological polar surface area (TPSA) is 55.4 Å². The first-order chi connectivity index (χ1) is 11.5. The largest absolute Gasteiger partial charge is 0.489 e. The number of hydrogen-bond acceptors (Lipinski definition) is 4. The Hall–Kier alpha value is -1.95. The molecule has 1 aliphatic heterocycles. The second-order valence-corrected chi connectivity index (χ2v) is 6.80. The van der Waals surface area contributed by atoms with Gasteiger partial charge in [-0.15, -0.1) is 0 Å². The molecule has 0 aliphatic carbocycles. The molecule has 2 amide bonds. The van der Waals surface area contributed by atoms with Gasteiger partial charge < -0.3 is 4.74 Å². The normalized spacial score (nSPS) is 15.7. The molecule has 0 radical (unpaired) electrons. The fourth-order valence-corrected chi connectivity index (χ4v) is 3.18. The van der Waals surface area contributed by atoms with Crippen molar-refractivity contribution in [1.29, 1.82) is 0 Å². The van der Waals surface area contributed by atoms with E-state index in [4.69, 9.17) is 27.9 Å². The van der Waals surface area contributed by atoms with Gasteiger partial charge in [0.25, 0.3) is 11.1 Å². The number of nitrogens with one attached hydrogen (secondary N) is 1. The van der Waals surface area contributed by atoms with Crippen LogP contribution in [0.3, 0.4) is 0 Å². The average Bonchev–Trinajstić information content (AvgIpc) is 2.85. The molecule has 0 unspecified atom stereocenters. The Morgan fingerprint density at radius 2 is 1.83 bits per heavy atom. The van der Waals surface area contributed by atoms with Crippen molar-refractivity contribution in [3.63, 3.8) is 0 Å². The van der Waals surface area contributed by atoms with Crippen LogP contribution in [0.25, 0.3) is 6.08 Å². The van der Waals surface area contributed by atoms with Crippen molar-refractivity contribution in [2.75, 3.05) is 0 Å². The van der Waals surface area contributed by atoms with Crippen LogP contribution < -0.4 is 10.1 Å². The van der Waals surface area contributed by atoms with Crippen LogP contribution in [-0.4, -0.2) is 11.1 Å². The molecule has 7 heteroatoms. The van der Waals surface area contributed by atoms with E-state index in [1.165, 1.54) is 0 Å². The molecule has 122 valence electrons. The van der Waals surface area contributed by atoms with Crippen LogP contribution in [0.15, 0.2) is 47.4 Å². The Balaban J connectivity index is 1.65. The molecule has 1 aliphatic rings. The summed E-state index contributed by atoms with van der Waals surface area (Å²) >= 11 is 12.8. The summed E-state index contributed by atoms with van der Waals surface area (Å²) in [6, 6.07) is 12.4. The van der Waals surface area contributed by atoms with Gasteiger partial charge in [-0.05, 0) is 47.7 Å². The third-order valence-electron chi connectivity index (χ3n) is 3.23. The highest BCUT2D eigenvalue weighted by Gasteiger charge is 2.24. The van der Waals surface area contributed by atoms with Gasteiger partial charge in [0.15, 0.2) is 0 Å². The summed E-state index contributed by atoms with van der Waals surface area (Å²) in [6.45, 7) is 0.323. The molecular formula is C17H11Cl2NO3S. The monoisotopic (exact) mass is 379 g/mol. The van der Waals surface area contributed by atoms with Gasteiger partial charge in [0.1, 0.15) is 12.4 Å². The Kier molecular flexibility index (Phi) is 5.14. The fraction of sp³-hybridized carbons (Fsp3) is 0.0588. The summed E-state index contributed by atoms with van der Waals surface area (Å²) in [5.41, 5.74) is 1.64. The summed E-state index contributed by atoms with van der Waals surface area (Å²) in [4.78, 5) is 23.0. The quantitative estimate of drug-likeness (QED) is 0.767. The van der Waals surface area contributed by atoms with E-state index in [1.54, 1.807) is 30.3 Å². The van der Waals surface area contributed by atoms with E-state index in [0.717, 1.165) is 22.9 Å². The van der Waals surface area contributed by atoms with Gasteiger partial charge in [-0.25, -0.2) is 0 Å². The third kappa shape index (κ3) is 4.12. The molecule has 0 saturated carbocycles. The van der Waals surface area contributed by atoms with E-state index in [1.807, 2.05) is 18.2 Å². The number of halogens is 2. The maximum absolute atomic E-state index is 11.5. The maximum Gasteiger partial charge on any atom is 0.290 e. The van der Waals surface area contributed by atoms with Crippen molar-refractivity contribution in [1.82, 2.24) is 5.32 Å². The van der Waals surface area contributed by atoms with Gasteiger partial charge in [-0.2, -0.15) is 0 Å².